The number of nitrogens with two attached hydrogens (primary N) is 1. The summed E-state index contributed by atoms with van der Waals surface area (Å²) in [7, 11) is 0. The molecule has 1 aromatic carbocycles. The Bertz CT molecular complexity index is 1040. The average molecular weight is 477 g/mol. The van der Waals surface area contributed by atoms with E-state index in [4.69, 9.17) is 5.73 Å². The number of hydrogen-bond donors (Lipinski definition) is 2. The Labute approximate surface area is 181 Å². The summed E-state index contributed by atoms with van der Waals surface area (Å²) in [6.45, 7) is 3.00. The molecule has 0 aliphatic carbocycles. The predicted molar refractivity (Wildman–Crippen MR) is 117 cm³/mol. The molecule has 0 saturated heterocycles. The van der Waals surface area contributed by atoms with Crippen LogP contribution < -0.4 is 11.1 Å². The van der Waals surface area contributed by atoms with Crippen molar-refractivity contribution in [2.45, 2.75) is 38.8 Å². The third-order valence-corrected chi connectivity index (χ3v) is 6.83. The molecule has 152 valence electrons. The molecular weight excluding hydrogens is 455 g/mol. The van der Waals surface area contributed by atoms with Gasteiger partial charge >= 0.3 is 0 Å². The smallest absolute Gasteiger partial charge is 0.261 e. The summed E-state index contributed by atoms with van der Waals surface area (Å²) in [6.07, 6.45) is 4.20. The average Bonchev–Trinajstić information content (AvgIpc) is 3.19. The Balaban J connectivity index is 1.54. The van der Waals surface area contributed by atoms with Crippen molar-refractivity contribution in [3.8, 4) is 11.3 Å². The lowest BCUT2D eigenvalue weighted by Crippen LogP contribution is -2.41. The van der Waals surface area contributed by atoms with E-state index in [1.807, 2.05) is 23.7 Å². The van der Waals surface area contributed by atoms with Gasteiger partial charge in [0.05, 0.1) is 21.2 Å². The van der Waals surface area contributed by atoms with Crippen LogP contribution in [0.5, 0.6) is 0 Å². The zero-order valence-corrected chi connectivity index (χ0v) is 18.4. The van der Waals surface area contributed by atoms with Crippen molar-refractivity contribution in [1.82, 2.24) is 15.1 Å². The summed E-state index contributed by atoms with van der Waals surface area (Å²) in [6, 6.07) is 6.58. The van der Waals surface area contributed by atoms with Gasteiger partial charge in [0, 0.05) is 29.6 Å². The second kappa shape index (κ2) is 8.38. The molecule has 0 fully saturated rings. The maximum atomic E-state index is 13.7. The van der Waals surface area contributed by atoms with Gasteiger partial charge in [-0.3, -0.25) is 9.48 Å². The normalized spacial score (nSPS) is 14.1. The van der Waals surface area contributed by atoms with Crippen molar-refractivity contribution >= 4 is 33.2 Å². The summed E-state index contributed by atoms with van der Waals surface area (Å²) in [4.78, 5) is 14.8. The van der Waals surface area contributed by atoms with E-state index in [0.717, 1.165) is 46.2 Å². The van der Waals surface area contributed by atoms with Gasteiger partial charge in [-0.25, -0.2) is 4.39 Å². The Morgan fingerprint density at radius 1 is 1.41 bits per heavy atom. The summed E-state index contributed by atoms with van der Waals surface area (Å²) >= 11 is 5.10. The highest BCUT2D eigenvalue weighted by molar-refractivity contribution is 9.10. The summed E-state index contributed by atoms with van der Waals surface area (Å²) < 4.78 is 16.6. The van der Waals surface area contributed by atoms with E-state index in [2.05, 4.69) is 26.3 Å². The molecule has 29 heavy (non-hydrogen) atoms. The molecule has 1 atom stereocenters. The van der Waals surface area contributed by atoms with Crippen LogP contribution in [0.2, 0.25) is 0 Å². The molecule has 0 bridgehead atoms. The highest BCUT2D eigenvalue weighted by atomic mass is 79.9. The Morgan fingerprint density at radius 2 is 2.24 bits per heavy atom. The number of aromatic nitrogens is 2. The molecule has 1 aliphatic rings. The van der Waals surface area contributed by atoms with E-state index >= 15 is 0 Å². The van der Waals surface area contributed by atoms with Crippen molar-refractivity contribution < 1.29 is 9.18 Å². The molecule has 0 spiro atoms. The van der Waals surface area contributed by atoms with Gasteiger partial charge in [-0.05, 0) is 71.4 Å². The van der Waals surface area contributed by atoms with E-state index in [1.54, 1.807) is 6.20 Å². The minimum absolute atomic E-state index is 0.145. The monoisotopic (exact) mass is 476 g/mol. The lowest BCUT2D eigenvalue weighted by Gasteiger charge is -2.17. The van der Waals surface area contributed by atoms with Gasteiger partial charge in [0.25, 0.3) is 5.91 Å². The third kappa shape index (κ3) is 4.29. The van der Waals surface area contributed by atoms with Crippen LogP contribution in [0.15, 0.2) is 34.9 Å². The highest BCUT2D eigenvalue weighted by Crippen LogP contribution is 2.38. The maximum absolute atomic E-state index is 13.7. The van der Waals surface area contributed by atoms with Crippen LogP contribution in [0.4, 0.5) is 4.39 Å². The molecule has 0 saturated carbocycles. The number of rotatable bonds is 5. The number of hydrogen-bond acceptors (Lipinski definition) is 4. The number of amides is 1. The van der Waals surface area contributed by atoms with Crippen molar-refractivity contribution in [2.75, 3.05) is 6.54 Å². The van der Waals surface area contributed by atoms with Crippen LogP contribution in [0, 0.1) is 12.7 Å². The summed E-state index contributed by atoms with van der Waals surface area (Å²) in [5, 5.41) is 7.44. The number of aryl methyl sites for hydroxylation is 3. The summed E-state index contributed by atoms with van der Waals surface area (Å²) in [5.74, 6) is -0.417. The molecule has 0 radical (unpaired) electrons. The molecule has 1 amide bonds. The lowest BCUT2D eigenvalue weighted by molar-refractivity contribution is 0.0942. The highest BCUT2D eigenvalue weighted by Gasteiger charge is 2.24. The fourth-order valence-electron chi connectivity index (χ4n) is 3.78. The fraction of sp³-hybridized carbons (Fsp3) is 0.333. The van der Waals surface area contributed by atoms with Crippen LogP contribution in [0.25, 0.3) is 11.3 Å². The second-order valence-corrected chi connectivity index (χ2v) is 9.35. The van der Waals surface area contributed by atoms with Crippen molar-refractivity contribution in [3.05, 3.63) is 61.6 Å². The predicted octanol–water partition coefficient (Wildman–Crippen LogP) is 4.07. The van der Waals surface area contributed by atoms with Crippen molar-refractivity contribution in [2.24, 2.45) is 5.73 Å². The summed E-state index contributed by atoms with van der Waals surface area (Å²) in [5.41, 5.74) is 9.66. The number of fused-ring (bicyclic) bond motifs is 3. The topological polar surface area (TPSA) is 72.9 Å². The minimum atomic E-state index is -0.272. The minimum Gasteiger partial charge on any atom is -0.347 e. The van der Waals surface area contributed by atoms with Crippen LogP contribution >= 0.6 is 27.3 Å². The van der Waals surface area contributed by atoms with Crippen LogP contribution in [0.3, 0.4) is 0 Å². The van der Waals surface area contributed by atoms with Crippen LogP contribution in [-0.4, -0.2) is 28.3 Å². The van der Waals surface area contributed by atoms with Gasteiger partial charge in [-0.2, -0.15) is 5.10 Å². The van der Waals surface area contributed by atoms with E-state index in [9.17, 15) is 9.18 Å². The van der Waals surface area contributed by atoms with Crippen molar-refractivity contribution in [1.29, 1.82) is 0 Å². The first kappa shape index (κ1) is 20.3. The van der Waals surface area contributed by atoms with E-state index in [0.29, 0.717) is 11.3 Å². The standard InChI is InChI=1S/C21H22BrFN4OS/c1-12-5-13(7-14(23)6-12)8-15(10-24)26-21(28)19-9-16-18(29-19)3-2-4-27-20(16)17(22)11-25-27/h5-7,9,11,15H,2-4,8,10,24H2,1H3,(H,26,28)/t15-/m0/s1. The Kier molecular flexibility index (Phi) is 5.85. The van der Waals surface area contributed by atoms with E-state index < -0.39 is 0 Å². The Hall–Kier alpha value is -2.03. The van der Waals surface area contributed by atoms with Gasteiger partial charge in [0.15, 0.2) is 0 Å². The fourth-order valence-corrected chi connectivity index (χ4v) is 5.40. The van der Waals surface area contributed by atoms with Gasteiger partial charge in [0.2, 0.25) is 0 Å². The molecule has 8 heteroatoms. The molecule has 3 N–H and O–H groups in total. The number of nitrogens with zero attached hydrogens (tertiary/aromatic N) is 2. The zero-order chi connectivity index (χ0) is 20.5. The number of halogens is 2. The number of benzene rings is 1. The number of carbonyl (C=O) groups excluding carboxylic acids is 1. The van der Waals surface area contributed by atoms with Crippen LogP contribution in [0.1, 0.15) is 32.1 Å². The first-order valence-corrected chi connectivity index (χ1v) is 11.2. The third-order valence-electron chi connectivity index (χ3n) is 5.06. The zero-order valence-electron chi connectivity index (χ0n) is 16.0. The SMILES string of the molecule is Cc1cc(F)cc(C[C@@H](CN)NC(=O)c2cc3c(s2)CCCn2ncc(Br)c2-3)c1. The van der Waals surface area contributed by atoms with Crippen LogP contribution in [-0.2, 0) is 19.4 Å². The molecule has 4 rings (SSSR count). The first-order valence-electron chi connectivity index (χ1n) is 9.56. The first-order chi connectivity index (χ1) is 13.9. The largest absolute Gasteiger partial charge is 0.347 e. The number of carbonyl (C=O) groups is 1. The van der Waals surface area contributed by atoms with Gasteiger partial charge in [-0.1, -0.05) is 6.07 Å². The molecular formula is C21H22BrFN4OS. The molecule has 3 aromatic rings. The molecule has 3 heterocycles. The molecule has 1 aliphatic heterocycles. The number of nitrogens with one attached hydrogen (secondary N) is 1. The van der Waals surface area contributed by atoms with Gasteiger partial charge in [-0.15, -0.1) is 11.3 Å². The molecule has 2 aromatic heterocycles. The second-order valence-electron chi connectivity index (χ2n) is 7.36. The molecule has 5 nitrogen and oxygen atoms in total. The lowest BCUT2D eigenvalue weighted by atomic mass is 10.0. The van der Waals surface area contributed by atoms with E-state index in [-0.39, 0.29) is 24.3 Å². The Morgan fingerprint density at radius 3 is 3.00 bits per heavy atom. The molecule has 0 unspecified atom stereocenters. The maximum Gasteiger partial charge on any atom is 0.261 e. The van der Waals surface area contributed by atoms with Gasteiger partial charge in [0.1, 0.15) is 5.82 Å². The van der Waals surface area contributed by atoms with Crippen molar-refractivity contribution in [3.63, 3.8) is 0 Å². The number of thiophene rings is 1. The van der Waals surface area contributed by atoms with E-state index in [1.165, 1.54) is 28.3 Å². The van der Waals surface area contributed by atoms with Gasteiger partial charge < -0.3 is 11.1 Å². The quantitative estimate of drug-likeness (QED) is 0.582.